The van der Waals surface area contributed by atoms with Gasteiger partial charge in [-0.25, -0.2) is 0 Å². The Labute approximate surface area is 360 Å². The van der Waals surface area contributed by atoms with E-state index in [1.165, 1.54) is 60.3 Å². The second-order valence-electron chi connectivity index (χ2n) is 16.1. The number of furan rings is 1. The van der Waals surface area contributed by atoms with E-state index in [9.17, 15) is 0 Å². The van der Waals surface area contributed by atoms with Crippen molar-refractivity contribution in [1.29, 1.82) is 0 Å². The van der Waals surface area contributed by atoms with Crippen LogP contribution in [0.4, 0.5) is 17.1 Å². The first-order valence-corrected chi connectivity index (χ1v) is 21.2. The summed E-state index contributed by atoms with van der Waals surface area (Å²) in [6.07, 6.45) is 0. The maximum Gasteiger partial charge on any atom is 0.143 e. The molecule has 12 aromatic rings. The summed E-state index contributed by atoms with van der Waals surface area (Å²) < 4.78 is 6.54. The summed E-state index contributed by atoms with van der Waals surface area (Å²) >= 11 is 0. The Bertz CT molecular complexity index is 3620. The van der Waals surface area contributed by atoms with Crippen LogP contribution < -0.4 is 4.90 Å². The van der Waals surface area contributed by atoms with Crippen LogP contribution in [0.25, 0.3) is 98.8 Å². The molecule has 290 valence electrons. The molecular weight excluding hydrogens is 751 g/mol. The Morgan fingerprint density at radius 3 is 1.48 bits per heavy atom. The molecular formula is C60H39NO. The highest BCUT2D eigenvalue weighted by molar-refractivity contribution is 6.15. The van der Waals surface area contributed by atoms with Gasteiger partial charge in [0.2, 0.25) is 0 Å². The van der Waals surface area contributed by atoms with Crippen LogP contribution in [0.3, 0.4) is 0 Å². The molecule has 62 heavy (non-hydrogen) atoms. The molecule has 2 nitrogen and oxygen atoms in total. The Hall–Kier alpha value is -8.20. The van der Waals surface area contributed by atoms with Gasteiger partial charge in [0.1, 0.15) is 11.2 Å². The summed E-state index contributed by atoms with van der Waals surface area (Å²) in [7, 11) is 0. The van der Waals surface area contributed by atoms with Gasteiger partial charge in [0, 0.05) is 33.1 Å². The molecule has 0 atom stereocenters. The molecule has 0 aliphatic carbocycles. The van der Waals surface area contributed by atoms with E-state index in [2.05, 4.69) is 241 Å². The number of benzene rings is 11. The van der Waals surface area contributed by atoms with E-state index >= 15 is 0 Å². The molecule has 1 heterocycles. The van der Waals surface area contributed by atoms with Crippen molar-refractivity contribution in [3.8, 4) is 44.5 Å². The monoisotopic (exact) mass is 789 g/mol. The molecule has 0 saturated carbocycles. The van der Waals surface area contributed by atoms with E-state index in [1.807, 2.05) is 0 Å². The van der Waals surface area contributed by atoms with Crippen LogP contribution in [0.2, 0.25) is 0 Å². The molecule has 0 unspecified atom stereocenters. The number of hydrogen-bond donors (Lipinski definition) is 0. The van der Waals surface area contributed by atoms with Crippen LogP contribution in [0.5, 0.6) is 0 Å². The number of nitrogens with zero attached hydrogens (tertiary/aromatic N) is 1. The van der Waals surface area contributed by atoms with Gasteiger partial charge in [-0.2, -0.15) is 0 Å². The molecule has 0 aliphatic heterocycles. The lowest BCUT2D eigenvalue weighted by molar-refractivity contribution is 0.672. The molecule has 12 rings (SSSR count). The van der Waals surface area contributed by atoms with E-state index in [0.717, 1.165) is 55.5 Å². The standard InChI is InChI=1S/C60H39NO/c1-4-19-50-41(12-1)15-10-23-52(50)44-28-34-49(35-29-44)61(48-32-26-40(27-33-48)45-17-9-18-46(38-45)53-24-11-16-42-13-2-5-20-51(42)53)58-25-8-7-21-54(58)47-31-37-59-57(39-47)56-36-30-43-14-3-6-22-55(43)60(56)62-59/h1-39H. The van der Waals surface area contributed by atoms with Crippen molar-refractivity contribution < 1.29 is 4.42 Å². The van der Waals surface area contributed by atoms with Crippen molar-refractivity contribution in [2.45, 2.75) is 0 Å². The fourth-order valence-electron chi connectivity index (χ4n) is 9.43. The molecule has 0 bridgehead atoms. The first-order chi connectivity index (χ1) is 30.7. The quantitative estimate of drug-likeness (QED) is 0.160. The molecule has 0 fully saturated rings. The lowest BCUT2D eigenvalue weighted by Gasteiger charge is -2.28. The SMILES string of the molecule is c1cc(-c2ccc(N(c3ccc(-c4cccc5ccccc45)cc3)c3ccccc3-c3ccc4oc5c6ccccc6ccc5c4c3)cc2)cc(-c2cccc3ccccc23)c1. The van der Waals surface area contributed by atoms with Crippen LogP contribution in [0.15, 0.2) is 241 Å². The van der Waals surface area contributed by atoms with Crippen LogP contribution in [-0.4, -0.2) is 0 Å². The smallest absolute Gasteiger partial charge is 0.143 e. The number of para-hydroxylation sites is 1. The van der Waals surface area contributed by atoms with Gasteiger partial charge in [0.05, 0.1) is 5.69 Å². The fraction of sp³-hybridized carbons (Fsp3) is 0. The van der Waals surface area contributed by atoms with Gasteiger partial charge >= 0.3 is 0 Å². The third-order valence-corrected chi connectivity index (χ3v) is 12.5. The normalized spacial score (nSPS) is 11.5. The predicted octanol–water partition coefficient (Wildman–Crippen LogP) is 17.2. The highest BCUT2D eigenvalue weighted by Crippen LogP contribution is 2.44. The van der Waals surface area contributed by atoms with E-state index in [0.29, 0.717) is 0 Å². The van der Waals surface area contributed by atoms with Crippen molar-refractivity contribution >= 4 is 71.3 Å². The Morgan fingerprint density at radius 2 is 0.774 bits per heavy atom. The molecule has 0 spiro atoms. The minimum Gasteiger partial charge on any atom is -0.455 e. The second-order valence-corrected chi connectivity index (χ2v) is 16.1. The first kappa shape index (κ1) is 35.7. The van der Waals surface area contributed by atoms with Crippen molar-refractivity contribution in [1.82, 2.24) is 0 Å². The number of hydrogen-bond acceptors (Lipinski definition) is 2. The molecule has 11 aromatic carbocycles. The van der Waals surface area contributed by atoms with Crippen molar-refractivity contribution in [3.63, 3.8) is 0 Å². The summed E-state index contributed by atoms with van der Waals surface area (Å²) in [5.41, 5.74) is 14.5. The van der Waals surface area contributed by atoms with Crippen LogP contribution in [0.1, 0.15) is 0 Å². The Kier molecular flexibility index (Phi) is 8.53. The summed E-state index contributed by atoms with van der Waals surface area (Å²) in [5.74, 6) is 0. The number of anilines is 3. The topological polar surface area (TPSA) is 16.4 Å². The fourth-order valence-corrected chi connectivity index (χ4v) is 9.43. The van der Waals surface area contributed by atoms with Gasteiger partial charge in [-0.05, 0) is 120 Å². The Morgan fingerprint density at radius 1 is 0.274 bits per heavy atom. The van der Waals surface area contributed by atoms with Gasteiger partial charge in [0.25, 0.3) is 0 Å². The zero-order valence-corrected chi connectivity index (χ0v) is 33.9. The lowest BCUT2D eigenvalue weighted by Crippen LogP contribution is -2.11. The molecule has 0 aliphatic rings. The van der Waals surface area contributed by atoms with Gasteiger partial charge in [-0.3, -0.25) is 0 Å². The van der Waals surface area contributed by atoms with E-state index < -0.39 is 0 Å². The van der Waals surface area contributed by atoms with E-state index in [4.69, 9.17) is 4.42 Å². The maximum atomic E-state index is 6.54. The summed E-state index contributed by atoms with van der Waals surface area (Å²) in [4.78, 5) is 2.39. The molecule has 0 saturated heterocycles. The molecule has 2 heteroatoms. The zero-order valence-electron chi connectivity index (χ0n) is 33.9. The van der Waals surface area contributed by atoms with Crippen molar-refractivity contribution in [2.75, 3.05) is 4.90 Å². The van der Waals surface area contributed by atoms with Gasteiger partial charge < -0.3 is 9.32 Å². The number of fused-ring (bicyclic) bond motifs is 7. The summed E-state index contributed by atoms with van der Waals surface area (Å²) in [6, 6.07) is 85.5. The first-order valence-electron chi connectivity index (χ1n) is 21.2. The van der Waals surface area contributed by atoms with Crippen molar-refractivity contribution in [3.05, 3.63) is 237 Å². The summed E-state index contributed by atoms with van der Waals surface area (Å²) in [6.45, 7) is 0. The third-order valence-electron chi connectivity index (χ3n) is 12.5. The zero-order chi connectivity index (χ0) is 41.0. The number of rotatable bonds is 7. The van der Waals surface area contributed by atoms with Gasteiger partial charge in [-0.15, -0.1) is 0 Å². The lowest BCUT2D eigenvalue weighted by atomic mass is 9.95. The van der Waals surface area contributed by atoms with Crippen LogP contribution >= 0.6 is 0 Å². The van der Waals surface area contributed by atoms with Crippen molar-refractivity contribution in [2.24, 2.45) is 0 Å². The molecule has 0 radical (unpaired) electrons. The maximum absolute atomic E-state index is 6.54. The van der Waals surface area contributed by atoms with Gasteiger partial charge in [-0.1, -0.05) is 182 Å². The van der Waals surface area contributed by atoms with Crippen LogP contribution in [-0.2, 0) is 0 Å². The van der Waals surface area contributed by atoms with E-state index in [-0.39, 0.29) is 0 Å². The largest absolute Gasteiger partial charge is 0.455 e. The second kappa shape index (κ2) is 14.8. The Balaban J connectivity index is 0.978. The third kappa shape index (κ3) is 6.12. The highest BCUT2D eigenvalue weighted by atomic mass is 16.3. The molecule has 0 N–H and O–H groups in total. The predicted molar refractivity (Wildman–Crippen MR) is 263 cm³/mol. The van der Waals surface area contributed by atoms with Gasteiger partial charge in [0.15, 0.2) is 0 Å². The minimum absolute atomic E-state index is 0.888. The summed E-state index contributed by atoms with van der Waals surface area (Å²) in [5, 5.41) is 9.54. The van der Waals surface area contributed by atoms with Crippen LogP contribution in [0, 0.1) is 0 Å². The molecule has 1 aromatic heterocycles. The molecule has 0 amide bonds. The van der Waals surface area contributed by atoms with E-state index in [1.54, 1.807) is 0 Å². The highest BCUT2D eigenvalue weighted by Gasteiger charge is 2.19. The minimum atomic E-state index is 0.888. The average molecular weight is 790 g/mol. The average Bonchev–Trinajstić information content (AvgIpc) is 3.73.